The monoisotopic (exact) mass is 218 g/mol. The quantitative estimate of drug-likeness (QED) is 0.721. The lowest BCUT2D eigenvalue weighted by atomic mass is 10.2. The van der Waals surface area contributed by atoms with Crippen molar-refractivity contribution in [3.05, 3.63) is 30.0 Å². The molecule has 84 valence electrons. The summed E-state index contributed by atoms with van der Waals surface area (Å²) in [6.45, 7) is 3.89. The zero-order chi connectivity index (χ0) is 11.5. The van der Waals surface area contributed by atoms with Crippen molar-refractivity contribution in [2.75, 3.05) is 11.1 Å². The van der Waals surface area contributed by atoms with Crippen LogP contribution < -0.4 is 11.1 Å². The largest absolute Gasteiger partial charge is 0.398 e. The fraction of sp³-hybridized carbons (Fsp3) is 0.300. The molecule has 6 heteroatoms. The summed E-state index contributed by atoms with van der Waals surface area (Å²) in [5, 5.41) is 9.78. The van der Waals surface area contributed by atoms with Crippen LogP contribution in [0.15, 0.2) is 18.6 Å². The number of anilines is 2. The summed E-state index contributed by atoms with van der Waals surface area (Å²) in [7, 11) is 0. The van der Waals surface area contributed by atoms with Gasteiger partial charge in [0.25, 0.3) is 0 Å². The summed E-state index contributed by atoms with van der Waals surface area (Å²) in [5.41, 5.74) is 7.49. The molecular weight excluding hydrogens is 204 g/mol. The van der Waals surface area contributed by atoms with Crippen molar-refractivity contribution in [1.29, 1.82) is 0 Å². The van der Waals surface area contributed by atoms with Gasteiger partial charge in [-0.05, 0) is 19.4 Å². The van der Waals surface area contributed by atoms with E-state index >= 15 is 0 Å². The molecule has 2 heterocycles. The number of aromatic nitrogens is 4. The summed E-state index contributed by atoms with van der Waals surface area (Å²) >= 11 is 0. The van der Waals surface area contributed by atoms with Gasteiger partial charge in [-0.1, -0.05) is 0 Å². The van der Waals surface area contributed by atoms with Gasteiger partial charge in [0.15, 0.2) is 0 Å². The molecule has 2 aromatic rings. The second-order valence-corrected chi connectivity index (χ2v) is 3.66. The number of nitrogen functional groups attached to an aromatic ring is 1. The van der Waals surface area contributed by atoms with Gasteiger partial charge in [0.1, 0.15) is 18.0 Å². The van der Waals surface area contributed by atoms with E-state index in [1.54, 1.807) is 6.20 Å². The Labute approximate surface area is 93.3 Å². The van der Waals surface area contributed by atoms with Gasteiger partial charge in [-0.25, -0.2) is 9.97 Å². The van der Waals surface area contributed by atoms with Gasteiger partial charge < -0.3 is 11.1 Å². The minimum absolute atomic E-state index is 0.0112. The van der Waals surface area contributed by atoms with Crippen LogP contribution in [-0.4, -0.2) is 20.2 Å². The maximum Gasteiger partial charge on any atom is 0.146 e. The van der Waals surface area contributed by atoms with Gasteiger partial charge in [-0.15, -0.1) is 0 Å². The number of aryl methyl sites for hydroxylation is 1. The zero-order valence-electron chi connectivity index (χ0n) is 9.23. The molecule has 0 aliphatic carbocycles. The molecule has 16 heavy (non-hydrogen) atoms. The van der Waals surface area contributed by atoms with E-state index < -0.39 is 0 Å². The van der Waals surface area contributed by atoms with Crippen LogP contribution in [0.4, 0.5) is 11.5 Å². The normalized spacial score (nSPS) is 12.4. The Morgan fingerprint density at radius 2 is 2.25 bits per heavy atom. The van der Waals surface area contributed by atoms with E-state index in [1.165, 1.54) is 6.33 Å². The van der Waals surface area contributed by atoms with Crippen LogP contribution in [0, 0.1) is 6.92 Å². The highest BCUT2D eigenvalue weighted by Crippen LogP contribution is 2.17. The van der Waals surface area contributed by atoms with E-state index in [0.717, 1.165) is 22.9 Å². The lowest BCUT2D eigenvalue weighted by Gasteiger charge is -2.12. The van der Waals surface area contributed by atoms with E-state index in [1.807, 2.05) is 19.9 Å². The highest BCUT2D eigenvalue weighted by molar-refractivity contribution is 5.53. The number of aromatic amines is 1. The number of rotatable bonds is 3. The van der Waals surface area contributed by atoms with Gasteiger partial charge in [-0.2, -0.15) is 5.10 Å². The second-order valence-electron chi connectivity index (χ2n) is 3.66. The molecule has 2 rings (SSSR count). The van der Waals surface area contributed by atoms with Crippen molar-refractivity contribution in [2.45, 2.75) is 19.9 Å². The Morgan fingerprint density at radius 1 is 1.44 bits per heavy atom. The topological polar surface area (TPSA) is 92.5 Å². The molecule has 0 bridgehead atoms. The molecule has 1 atom stereocenters. The van der Waals surface area contributed by atoms with Crippen LogP contribution in [0.3, 0.4) is 0 Å². The Kier molecular flexibility index (Phi) is 2.72. The summed E-state index contributed by atoms with van der Waals surface area (Å²) < 4.78 is 0. The Morgan fingerprint density at radius 3 is 2.88 bits per heavy atom. The van der Waals surface area contributed by atoms with E-state index in [9.17, 15) is 0 Å². The van der Waals surface area contributed by atoms with E-state index in [-0.39, 0.29) is 6.04 Å². The summed E-state index contributed by atoms with van der Waals surface area (Å²) in [5.74, 6) is 1.49. The Balaban J connectivity index is 2.12. The van der Waals surface area contributed by atoms with Crippen LogP contribution in [0.1, 0.15) is 24.4 Å². The third kappa shape index (κ3) is 2.10. The molecule has 0 aliphatic heterocycles. The third-order valence-electron chi connectivity index (χ3n) is 2.35. The van der Waals surface area contributed by atoms with Crippen LogP contribution >= 0.6 is 0 Å². The molecule has 6 nitrogen and oxygen atoms in total. The number of hydrogen-bond donors (Lipinski definition) is 3. The van der Waals surface area contributed by atoms with Crippen molar-refractivity contribution < 1.29 is 0 Å². The highest BCUT2D eigenvalue weighted by Gasteiger charge is 2.08. The number of hydrogen-bond acceptors (Lipinski definition) is 5. The van der Waals surface area contributed by atoms with Crippen LogP contribution in [0.25, 0.3) is 0 Å². The van der Waals surface area contributed by atoms with Crippen LogP contribution in [-0.2, 0) is 0 Å². The van der Waals surface area contributed by atoms with Crippen LogP contribution in [0.5, 0.6) is 0 Å². The first-order chi connectivity index (χ1) is 7.66. The number of nitrogens with two attached hydrogens (primary N) is 1. The molecule has 4 N–H and O–H groups in total. The molecule has 0 saturated carbocycles. The van der Waals surface area contributed by atoms with Crippen molar-refractivity contribution >= 4 is 11.5 Å². The molecule has 0 aliphatic rings. The highest BCUT2D eigenvalue weighted by atomic mass is 15.2. The lowest BCUT2D eigenvalue weighted by Crippen LogP contribution is -2.10. The predicted octanol–water partition coefficient (Wildman–Crippen LogP) is 1.26. The van der Waals surface area contributed by atoms with Crippen molar-refractivity contribution in [1.82, 2.24) is 20.2 Å². The lowest BCUT2D eigenvalue weighted by molar-refractivity contribution is 0.790. The average Bonchev–Trinajstić information content (AvgIpc) is 2.77. The van der Waals surface area contributed by atoms with Gasteiger partial charge in [0.05, 0.1) is 6.04 Å². The Bertz CT molecular complexity index is 464. The first-order valence-corrected chi connectivity index (χ1v) is 5.00. The number of nitrogens with zero attached hydrogens (tertiary/aromatic N) is 3. The van der Waals surface area contributed by atoms with Gasteiger partial charge in [-0.3, -0.25) is 5.10 Å². The summed E-state index contributed by atoms with van der Waals surface area (Å²) in [6, 6.07) is 1.82. The minimum atomic E-state index is 0.0112. The van der Waals surface area contributed by atoms with Crippen molar-refractivity contribution in [3.63, 3.8) is 0 Å². The minimum Gasteiger partial charge on any atom is -0.398 e. The summed E-state index contributed by atoms with van der Waals surface area (Å²) in [6.07, 6.45) is 3.22. The standard InChI is InChI=1S/C10H14N6/c1-6-4-12-9(3-8(6)11)15-7(2)10-13-5-14-16-10/h3-5,7H,1-2H3,(H3,11,12,15)(H,13,14,16). The first-order valence-electron chi connectivity index (χ1n) is 5.00. The fourth-order valence-electron chi connectivity index (χ4n) is 1.33. The molecule has 0 spiro atoms. The molecule has 2 aromatic heterocycles. The SMILES string of the molecule is Cc1cnc(NC(C)c2ncn[nH]2)cc1N. The average molecular weight is 218 g/mol. The van der Waals surface area contributed by atoms with Crippen molar-refractivity contribution in [3.8, 4) is 0 Å². The zero-order valence-corrected chi connectivity index (χ0v) is 9.23. The first kappa shape index (κ1) is 10.4. The smallest absolute Gasteiger partial charge is 0.146 e. The predicted molar refractivity (Wildman–Crippen MR) is 61.8 cm³/mol. The maximum absolute atomic E-state index is 5.80. The third-order valence-corrected chi connectivity index (χ3v) is 2.35. The van der Waals surface area contributed by atoms with Crippen LogP contribution in [0.2, 0.25) is 0 Å². The fourth-order valence-corrected chi connectivity index (χ4v) is 1.33. The van der Waals surface area contributed by atoms with E-state index in [4.69, 9.17) is 5.73 Å². The number of H-pyrrole nitrogens is 1. The number of nitrogens with one attached hydrogen (secondary N) is 2. The van der Waals surface area contributed by atoms with Gasteiger partial charge in [0, 0.05) is 18.0 Å². The molecule has 0 saturated heterocycles. The van der Waals surface area contributed by atoms with Crippen molar-refractivity contribution in [2.24, 2.45) is 0 Å². The van der Waals surface area contributed by atoms with E-state index in [0.29, 0.717) is 0 Å². The molecular formula is C10H14N6. The second kappa shape index (κ2) is 4.18. The Hall–Kier alpha value is -2.11. The molecule has 1 unspecified atom stereocenters. The molecule has 0 amide bonds. The van der Waals surface area contributed by atoms with Gasteiger partial charge in [0.2, 0.25) is 0 Å². The maximum atomic E-state index is 5.80. The summed E-state index contributed by atoms with van der Waals surface area (Å²) in [4.78, 5) is 8.30. The van der Waals surface area contributed by atoms with Gasteiger partial charge >= 0.3 is 0 Å². The van der Waals surface area contributed by atoms with E-state index in [2.05, 4.69) is 25.5 Å². The molecule has 0 fully saturated rings. The molecule has 0 radical (unpaired) electrons. The number of pyridine rings is 1. The molecule has 0 aromatic carbocycles.